The molecule has 2 rings (SSSR count). The van der Waals surface area contributed by atoms with Gasteiger partial charge in [0.05, 0.1) is 5.69 Å². The molecule has 1 aromatic rings. The maximum atomic E-state index is 11.7. The van der Waals surface area contributed by atoms with Crippen LogP contribution >= 0.6 is 0 Å². The van der Waals surface area contributed by atoms with Gasteiger partial charge in [-0.2, -0.15) is 0 Å². The summed E-state index contributed by atoms with van der Waals surface area (Å²) in [7, 11) is -3.73. The van der Waals surface area contributed by atoms with Crippen molar-refractivity contribution < 1.29 is 22.8 Å². The Bertz CT molecular complexity index is 705. The fourth-order valence-corrected chi connectivity index (χ4v) is 2.50. The van der Waals surface area contributed by atoms with Crippen LogP contribution < -0.4 is 0 Å². The summed E-state index contributed by atoms with van der Waals surface area (Å²) in [4.78, 5) is 11.2. The second-order valence-electron chi connectivity index (χ2n) is 5.53. The van der Waals surface area contributed by atoms with Crippen molar-refractivity contribution in [2.45, 2.75) is 37.4 Å². The normalized spacial score (nSPS) is 17.6. The van der Waals surface area contributed by atoms with Crippen LogP contribution in [0.15, 0.2) is 10.6 Å². The maximum Gasteiger partial charge on any atom is 0.324 e. The van der Waals surface area contributed by atoms with E-state index in [2.05, 4.69) is 17.0 Å². The van der Waals surface area contributed by atoms with E-state index in [0.717, 1.165) is 19.1 Å². The molecule has 0 amide bonds. The van der Waals surface area contributed by atoms with Gasteiger partial charge in [0.25, 0.3) is 0 Å². The lowest BCUT2D eigenvalue weighted by Crippen LogP contribution is -2.43. The summed E-state index contributed by atoms with van der Waals surface area (Å²) < 4.78 is 26.5. The van der Waals surface area contributed by atoms with Gasteiger partial charge in [-0.05, 0) is 38.5 Å². The molecular weight excluding hydrogens is 294 g/mol. The Kier molecular flexibility index (Phi) is 4.10. The molecule has 0 spiro atoms. The smallest absolute Gasteiger partial charge is 0.324 e. The second kappa shape index (κ2) is 5.53. The molecule has 1 fully saturated rings. The topological polar surface area (TPSA) is 97.5 Å². The van der Waals surface area contributed by atoms with Gasteiger partial charge in [-0.25, -0.2) is 8.42 Å². The summed E-state index contributed by atoms with van der Waals surface area (Å²) in [6.07, 6.45) is 3.28. The first-order valence-electron chi connectivity index (χ1n) is 6.62. The van der Waals surface area contributed by atoms with Crippen LogP contribution in [0.5, 0.6) is 0 Å². The number of carboxylic acid groups (broad SMARTS) is 1. The summed E-state index contributed by atoms with van der Waals surface area (Å²) in [5.41, 5.74) is 0.506. The van der Waals surface area contributed by atoms with E-state index in [1.165, 1.54) is 6.92 Å². The number of hydrogen-bond donors (Lipinski definition) is 1. The Labute approximate surface area is 123 Å². The third-order valence-corrected chi connectivity index (χ3v) is 5.68. The van der Waals surface area contributed by atoms with Gasteiger partial charge in [0.15, 0.2) is 14.6 Å². The molecule has 114 valence electrons. The third kappa shape index (κ3) is 3.64. The van der Waals surface area contributed by atoms with Gasteiger partial charge in [-0.1, -0.05) is 11.1 Å². The van der Waals surface area contributed by atoms with Crippen LogP contribution in [0.25, 0.3) is 0 Å². The molecule has 1 heterocycles. The van der Waals surface area contributed by atoms with Crippen molar-refractivity contribution in [1.29, 1.82) is 0 Å². The molecule has 1 aliphatic rings. The van der Waals surface area contributed by atoms with Crippen molar-refractivity contribution in [2.24, 2.45) is 5.92 Å². The van der Waals surface area contributed by atoms with Gasteiger partial charge >= 0.3 is 5.97 Å². The van der Waals surface area contributed by atoms with Crippen molar-refractivity contribution in [3.8, 4) is 11.8 Å². The number of sulfone groups is 1. The van der Waals surface area contributed by atoms with Gasteiger partial charge in [-0.15, -0.1) is 0 Å². The molecule has 1 aliphatic carbocycles. The Morgan fingerprint density at radius 1 is 1.57 bits per heavy atom. The van der Waals surface area contributed by atoms with Crippen molar-refractivity contribution in [3.63, 3.8) is 0 Å². The van der Waals surface area contributed by atoms with E-state index in [1.54, 1.807) is 6.07 Å². The number of aromatic nitrogens is 1. The predicted molar refractivity (Wildman–Crippen MR) is 75.3 cm³/mol. The average molecular weight is 311 g/mol. The minimum Gasteiger partial charge on any atom is -0.480 e. The Morgan fingerprint density at radius 2 is 2.24 bits per heavy atom. The summed E-state index contributed by atoms with van der Waals surface area (Å²) >= 11 is 0. The molecule has 1 N–H and O–H groups in total. The largest absolute Gasteiger partial charge is 0.480 e. The number of nitrogens with zero attached hydrogens (tertiary/aromatic N) is 1. The zero-order valence-corrected chi connectivity index (χ0v) is 12.7. The lowest BCUT2D eigenvalue weighted by molar-refractivity contribution is -0.139. The first-order valence-corrected chi connectivity index (χ1v) is 8.51. The fourth-order valence-electron chi connectivity index (χ4n) is 1.71. The second-order valence-corrected chi connectivity index (χ2v) is 7.98. The molecule has 0 bridgehead atoms. The summed E-state index contributed by atoms with van der Waals surface area (Å²) in [5, 5.41) is 13.0. The standard InChI is InChI=1S/C14H17NO5S/c1-14(13(16)17,21(2,18)19)8-7-11-9-12(20-15-11)6-5-10-3-4-10/h9-10H,3-4,7-8H2,1-2H3,(H,16,17). The first-order chi connectivity index (χ1) is 9.72. The Balaban J connectivity index is 2.05. The van der Waals surface area contributed by atoms with Gasteiger partial charge in [-0.3, -0.25) is 4.79 Å². The van der Waals surface area contributed by atoms with Crippen molar-refractivity contribution in [1.82, 2.24) is 5.16 Å². The minimum atomic E-state index is -3.73. The Hall–Kier alpha value is -1.81. The zero-order valence-electron chi connectivity index (χ0n) is 11.9. The lowest BCUT2D eigenvalue weighted by atomic mass is 10.0. The van der Waals surface area contributed by atoms with E-state index < -0.39 is 20.6 Å². The monoisotopic (exact) mass is 311 g/mol. The molecule has 21 heavy (non-hydrogen) atoms. The quantitative estimate of drug-likeness (QED) is 0.822. The molecule has 1 unspecified atom stereocenters. The molecule has 7 heteroatoms. The molecule has 1 atom stereocenters. The SMILES string of the molecule is CC(CCc1cc(C#CC2CC2)on1)(C(=O)O)S(C)(=O)=O. The number of hydrogen-bond acceptors (Lipinski definition) is 5. The highest BCUT2D eigenvalue weighted by molar-refractivity contribution is 7.92. The number of aliphatic carboxylic acids is 1. The van der Waals surface area contributed by atoms with Gasteiger partial charge in [0, 0.05) is 18.2 Å². The van der Waals surface area contributed by atoms with Crippen LogP contribution in [0.3, 0.4) is 0 Å². The van der Waals surface area contributed by atoms with E-state index in [0.29, 0.717) is 17.4 Å². The summed E-state index contributed by atoms with van der Waals surface area (Å²) in [5.74, 6) is 5.40. The van der Waals surface area contributed by atoms with Crippen LogP contribution in [0, 0.1) is 17.8 Å². The van der Waals surface area contributed by atoms with E-state index >= 15 is 0 Å². The van der Waals surface area contributed by atoms with Crippen LogP contribution in [0.2, 0.25) is 0 Å². The van der Waals surface area contributed by atoms with Gasteiger partial charge in [0.1, 0.15) is 0 Å². The van der Waals surface area contributed by atoms with Crippen LogP contribution in [-0.4, -0.2) is 35.7 Å². The van der Waals surface area contributed by atoms with Gasteiger partial charge < -0.3 is 9.63 Å². The van der Waals surface area contributed by atoms with E-state index in [1.807, 2.05) is 0 Å². The van der Waals surface area contributed by atoms with Crippen LogP contribution in [0.1, 0.15) is 37.6 Å². The molecule has 1 aromatic heterocycles. The molecule has 0 saturated heterocycles. The number of rotatable bonds is 5. The summed E-state index contributed by atoms with van der Waals surface area (Å²) in [6, 6.07) is 1.62. The van der Waals surface area contributed by atoms with Crippen LogP contribution in [0.4, 0.5) is 0 Å². The highest BCUT2D eigenvalue weighted by Crippen LogP contribution is 2.27. The van der Waals surface area contributed by atoms with E-state index in [4.69, 9.17) is 9.63 Å². The average Bonchev–Trinajstić information content (AvgIpc) is 3.10. The lowest BCUT2D eigenvalue weighted by Gasteiger charge is -2.21. The maximum absolute atomic E-state index is 11.7. The molecule has 0 radical (unpaired) electrons. The minimum absolute atomic E-state index is 0.0663. The van der Waals surface area contributed by atoms with Crippen molar-refractivity contribution in [2.75, 3.05) is 6.26 Å². The van der Waals surface area contributed by atoms with Crippen molar-refractivity contribution >= 4 is 15.8 Å². The van der Waals surface area contributed by atoms with E-state index in [9.17, 15) is 13.2 Å². The number of aryl methyl sites for hydroxylation is 1. The fraction of sp³-hybridized carbons (Fsp3) is 0.571. The highest BCUT2D eigenvalue weighted by Gasteiger charge is 2.43. The number of carbonyl (C=O) groups is 1. The molecule has 0 aromatic carbocycles. The molecular formula is C14H17NO5S. The van der Waals surface area contributed by atoms with Crippen molar-refractivity contribution in [3.05, 3.63) is 17.5 Å². The van der Waals surface area contributed by atoms with E-state index in [-0.39, 0.29) is 12.8 Å². The van der Waals surface area contributed by atoms with Crippen LogP contribution in [-0.2, 0) is 21.1 Å². The summed E-state index contributed by atoms with van der Waals surface area (Å²) in [6.45, 7) is 1.21. The molecule has 1 saturated carbocycles. The zero-order chi connectivity index (χ0) is 15.7. The number of carboxylic acids is 1. The predicted octanol–water partition coefficient (Wildman–Crippen LogP) is 1.26. The first kappa shape index (κ1) is 15.6. The molecule has 6 nitrogen and oxygen atoms in total. The Morgan fingerprint density at radius 3 is 2.76 bits per heavy atom. The van der Waals surface area contributed by atoms with Gasteiger partial charge in [0.2, 0.25) is 5.76 Å². The highest BCUT2D eigenvalue weighted by atomic mass is 32.2. The third-order valence-electron chi connectivity index (χ3n) is 3.66. The molecule has 0 aliphatic heterocycles.